The largest absolute Gasteiger partial charge is 0.367 e. The summed E-state index contributed by atoms with van der Waals surface area (Å²) in [5, 5.41) is 22.1. The summed E-state index contributed by atoms with van der Waals surface area (Å²) >= 11 is 14.6. The maximum atomic E-state index is 14.7. The highest BCUT2D eigenvalue weighted by Gasteiger charge is 2.56. The van der Waals surface area contributed by atoms with Crippen LogP contribution in [0.3, 0.4) is 0 Å². The molecule has 6 amide bonds. The Bertz CT molecular complexity index is 2880. The lowest BCUT2D eigenvalue weighted by molar-refractivity contribution is -0.143. The third-order valence-corrected chi connectivity index (χ3v) is 20.6. The van der Waals surface area contributed by atoms with E-state index in [2.05, 4.69) is 42.2 Å². The molecule has 6 aliphatic rings. The molecule has 4 fully saturated rings. The Morgan fingerprint density at radius 3 is 1.63 bits per heavy atom. The molecule has 4 heterocycles. The van der Waals surface area contributed by atoms with Gasteiger partial charge in [0.15, 0.2) is 0 Å². The fraction of sp³-hybridized carbons (Fsp3) is 0.542. The molecule has 2 aliphatic carbocycles. The Balaban J connectivity index is 0.821. The minimum absolute atomic E-state index is 0.115. The van der Waals surface area contributed by atoms with Crippen molar-refractivity contribution in [3.8, 4) is 0 Å². The minimum atomic E-state index is -0.776. The lowest BCUT2D eigenvalue weighted by atomic mass is 9.83. The summed E-state index contributed by atoms with van der Waals surface area (Å²) in [6.45, 7) is 12.5. The molecule has 79 heavy (non-hydrogen) atoms. The number of rotatable bonds is 16. The zero-order valence-corrected chi connectivity index (χ0v) is 49.7. The lowest BCUT2D eigenvalue weighted by Crippen LogP contribution is -2.58. The molecule has 20 heteroatoms. The van der Waals surface area contributed by atoms with Crippen LogP contribution in [0, 0.1) is 22.7 Å². The zero-order chi connectivity index (χ0) is 56.5. The van der Waals surface area contributed by atoms with Crippen molar-refractivity contribution in [2.45, 2.75) is 152 Å². The van der Waals surface area contributed by atoms with Crippen molar-refractivity contribution in [2.24, 2.45) is 27.7 Å². The maximum Gasteiger partial charge on any atom is 0.268 e. The maximum absolute atomic E-state index is 14.7. The third-order valence-electron chi connectivity index (χ3n) is 17.2. The number of thioether (sulfide) groups is 2. The van der Waals surface area contributed by atoms with Gasteiger partial charge in [-0.25, -0.2) is 4.99 Å². The van der Waals surface area contributed by atoms with E-state index in [1.165, 1.54) is 0 Å². The second kappa shape index (κ2) is 24.5. The molecule has 3 aromatic carbocycles. The molecule has 12 atom stereocenters. The van der Waals surface area contributed by atoms with Crippen molar-refractivity contribution in [1.82, 2.24) is 47.0 Å². The molecule has 0 spiro atoms. The van der Waals surface area contributed by atoms with Crippen LogP contribution in [0.15, 0.2) is 77.8 Å². The predicted octanol–water partition coefficient (Wildman–Crippen LogP) is 5.47. The summed E-state index contributed by atoms with van der Waals surface area (Å²) in [6.07, 6.45) is 5.06. The summed E-state index contributed by atoms with van der Waals surface area (Å²) < 4.78 is 0. The summed E-state index contributed by atoms with van der Waals surface area (Å²) in [4.78, 5) is 95.2. The van der Waals surface area contributed by atoms with Gasteiger partial charge >= 0.3 is 0 Å². The van der Waals surface area contributed by atoms with Crippen molar-refractivity contribution < 1.29 is 28.8 Å². The molecule has 0 radical (unpaired) electrons. The van der Waals surface area contributed by atoms with Gasteiger partial charge in [-0.1, -0.05) is 125 Å². The summed E-state index contributed by atoms with van der Waals surface area (Å²) in [7, 11) is 3.64. The molecule has 16 nitrogen and oxygen atoms in total. The number of likely N-dealkylation sites (N-methyl/N-ethyl adjacent to an activating group) is 2. The topological polar surface area (TPSA) is 205 Å². The standard InChI is InChI=1S/C59H76N10O6S4/c1-32(60-7)54(76)65-43-21-23-78-45-27-58(3,4)48(68(45)56(43)74)52(72)64-31-42-38-15-11-9-13-36(38)25-40(42)50(70)62-29-34-17-19-35(20-18-34)30-63-51(71)41-26-37-14-10-12-16-39(37)47(41)67-53(73)49-59(5,6)28-46-69(49)57(75)44(22-24-79-46)66-55(77)33(2)61-8/h9-20,31-33,40-49,60-61H,21-30H2,1-8H3,(H,62,70)(H,63,71)(H,65,76)(H,66,77)(H,67,73)/b64-31+/t32-,33-,40+,41+,42?,43-,44-,45-,46-,47-,48+,49+/m0/s1. The Hall–Kier alpha value is -5.25. The monoisotopic (exact) mass is 1150 g/mol. The molecule has 0 bridgehead atoms. The highest BCUT2D eigenvalue weighted by molar-refractivity contribution is 8.00. The normalized spacial score (nSPS) is 28.3. The number of amides is 6. The number of hydrogen-bond donors (Lipinski definition) is 7. The first-order valence-electron chi connectivity index (χ1n) is 27.7. The van der Waals surface area contributed by atoms with Crippen molar-refractivity contribution in [3.63, 3.8) is 0 Å². The van der Waals surface area contributed by atoms with E-state index in [-0.39, 0.29) is 65.5 Å². The molecule has 1 unspecified atom stereocenters. The molecular weight excluding hydrogens is 1070 g/mol. The van der Waals surface area contributed by atoms with E-state index in [1.54, 1.807) is 39.5 Å². The van der Waals surface area contributed by atoms with Gasteiger partial charge in [0.25, 0.3) is 5.91 Å². The number of benzene rings is 3. The zero-order valence-electron chi connectivity index (χ0n) is 46.4. The lowest BCUT2D eigenvalue weighted by Gasteiger charge is -2.35. The molecule has 3 aromatic rings. The van der Waals surface area contributed by atoms with Crippen LogP contribution in [0.1, 0.15) is 113 Å². The summed E-state index contributed by atoms with van der Waals surface area (Å²) in [5.74, 6) is -1.35. The fourth-order valence-electron chi connectivity index (χ4n) is 12.5. The average molecular weight is 1150 g/mol. The molecule has 7 N–H and O–H groups in total. The van der Waals surface area contributed by atoms with E-state index in [1.807, 2.05) is 128 Å². The van der Waals surface area contributed by atoms with Crippen LogP contribution < -0.4 is 37.2 Å². The Labute approximate surface area is 484 Å². The van der Waals surface area contributed by atoms with Gasteiger partial charge < -0.3 is 47.0 Å². The molecule has 4 saturated heterocycles. The van der Waals surface area contributed by atoms with Crippen molar-refractivity contribution in [1.29, 1.82) is 0 Å². The molecule has 9 rings (SSSR count). The molecule has 422 valence electrons. The Morgan fingerprint density at radius 2 is 1.10 bits per heavy atom. The van der Waals surface area contributed by atoms with Crippen molar-refractivity contribution in [3.05, 3.63) is 106 Å². The highest BCUT2D eigenvalue weighted by atomic mass is 32.2. The van der Waals surface area contributed by atoms with Gasteiger partial charge in [0.2, 0.25) is 29.5 Å². The summed E-state index contributed by atoms with van der Waals surface area (Å²) in [6, 6.07) is 20.0. The van der Waals surface area contributed by atoms with Gasteiger partial charge in [-0.15, -0.1) is 23.5 Å². The van der Waals surface area contributed by atoms with Gasteiger partial charge in [0, 0.05) is 25.2 Å². The molecular formula is C59H76N10O6S4. The number of nitrogens with zero attached hydrogens (tertiary/aromatic N) is 3. The average Bonchev–Trinajstić information content (AvgIpc) is 4.34. The van der Waals surface area contributed by atoms with Gasteiger partial charge in [-0.3, -0.25) is 28.8 Å². The Kier molecular flexibility index (Phi) is 18.1. The van der Waals surface area contributed by atoms with Crippen molar-refractivity contribution in [2.75, 3.05) is 25.6 Å². The van der Waals surface area contributed by atoms with Crippen LogP contribution in [-0.2, 0) is 54.7 Å². The third kappa shape index (κ3) is 12.3. The molecule has 0 saturated carbocycles. The van der Waals surface area contributed by atoms with E-state index in [0.717, 1.165) is 44.9 Å². The SMILES string of the molecule is CN[C@@H](C)C(=S)N[C@H]1CCS[C@H]2CC(C)(C)[C@@H](C(=O)/N=C/C3c4ccccc4C[C@H]3C(=O)NCc3ccc(CNC(=O)[C@@H]4Cc5ccccc5[C@@H]4NC(=O)[C@H]4N5C(=O)[C@@H](NC(=S)[C@H](C)NC)CCS[C@H]5CC4(C)C)cc3)N2C1=O. The van der Waals surface area contributed by atoms with E-state index in [4.69, 9.17) is 24.4 Å². The van der Waals surface area contributed by atoms with Gasteiger partial charge in [0.1, 0.15) is 24.2 Å². The first-order valence-corrected chi connectivity index (χ1v) is 30.6. The van der Waals surface area contributed by atoms with E-state index in [9.17, 15) is 28.8 Å². The van der Waals surface area contributed by atoms with E-state index < -0.39 is 64.7 Å². The number of thiocarbonyl (C=S) groups is 2. The predicted molar refractivity (Wildman–Crippen MR) is 320 cm³/mol. The van der Waals surface area contributed by atoms with Crippen LogP contribution in [0.4, 0.5) is 0 Å². The Morgan fingerprint density at radius 1 is 0.646 bits per heavy atom. The highest BCUT2D eigenvalue weighted by Crippen LogP contribution is 2.49. The first-order chi connectivity index (χ1) is 37.7. The fourth-order valence-corrected chi connectivity index (χ4v) is 16.2. The second-order valence-corrected chi connectivity index (χ2v) is 26.9. The number of carbonyl (C=O) groups excluding carboxylic acids is 6. The van der Waals surface area contributed by atoms with Gasteiger partial charge in [-0.2, -0.15) is 0 Å². The molecule has 4 aliphatic heterocycles. The number of fused-ring (bicyclic) bond motifs is 4. The van der Waals surface area contributed by atoms with E-state index in [0.29, 0.717) is 48.5 Å². The number of aliphatic imine (C=N–C) groups is 1. The van der Waals surface area contributed by atoms with Crippen LogP contribution in [0.5, 0.6) is 0 Å². The van der Waals surface area contributed by atoms with E-state index >= 15 is 0 Å². The number of nitrogens with one attached hydrogen (secondary N) is 7. The van der Waals surface area contributed by atoms with Gasteiger partial charge in [-0.05, 0) is 122 Å². The number of carbonyl (C=O) groups is 6. The van der Waals surface area contributed by atoms with Crippen LogP contribution >= 0.6 is 48.0 Å². The van der Waals surface area contributed by atoms with Gasteiger partial charge in [0.05, 0.1) is 50.7 Å². The van der Waals surface area contributed by atoms with Crippen LogP contribution in [0.2, 0.25) is 0 Å². The number of hydrogen-bond acceptors (Lipinski definition) is 12. The van der Waals surface area contributed by atoms with Crippen LogP contribution in [-0.4, -0.2) is 134 Å². The summed E-state index contributed by atoms with van der Waals surface area (Å²) in [5.41, 5.74) is 4.54. The van der Waals surface area contributed by atoms with Crippen LogP contribution in [0.25, 0.3) is 0 Å². The smallest absolute Gasteiger partial charge is 0.268 e. The first kappa shape index (κ1) is 58.4. The second-order valence-electron chi connectivity index (χ2n) is 23.5. The van der Waals surface area contributed by atoms with Crippen molar-refractivity contribution >= 4 is 99.6 Å². The quantitative estimate of drug-likeness (QED) is 0.0703. The minimum Gasteiger partial charge on any atom is -0.367 e. The molecule has 0 aromatic heterocycles.